The Morgan fingerprint density at radius 3 is 2.95 bits per heavy atom. The van der Waals surface area contributed by atoms with Crippen LogP contribution in [0.1, 0.15) is 24.9 Å². The molecule has 2 unspecified atom stereocenters. The number of ether oxygens (including phenoxy) is 2. The van der Waals surface area contributed by atoms with Crippen molar-refractivity contribution in [3.63, 3.8) is 0 Å². The minimum Gasteiger partial charge on any atom is -0.494 e. The van der Waals surface area contributed by atoms with Crippen molar-refractivity contribution in [1.82, 2.24) is 4.90 Å². The van der Waals surface area contributed by atoms with E-state index in [0.29, 0.717) is 19.3 Å². The molecule has 2 rings (SSSR count). The Morgan fingerprint density at radius 1 is 1.47 bits per heavy atom. The summed E-state index contributed by atoms with van der Waals surface area (Å²) in [4.78, 5) is 2.40. The van der Waals surface area contributed by atoms with Crippen molar-refractivity contribution >= 4 is 0 Å². The van der Waals surface area contributed by atoms with E-state index in [1.165, 1.54) is 5.56 Å². The maximum Gasteiger partial charge on any atom is 0.119 e. The van der Waals surface area contributed by atoms with E-state index in [4.69, 9.17) is 15.2 Å². The number of rotatable bonds is 6. The summed E-state index contributed by atoms with van der Waals surface area (Å²) in [5, 5.41) is 0. The maximum absolute atomic E-state index is 5.97. The molecule has 4 nitrogen and oxygen atoms in total. The highest BCUT2D eigenvalue weighted by Gasteiger charge is 2.28. The van der Waals surface area contributed by atoms with Gasteiger partial charge in [0, 0.05) is 32.8 Å². The van der Waals surface area contributed by atoms with E-state index < -0.39 is 0 Å². The van der Waals surface area contributed by atoms with E-state index >= 15 is 0 Å². The molecule has 0 radical (unpaired) electrons. The van der Waals surface area contributed by atoms with Crippen molar-refractivity contribution in [2.45, 2.75) is 25.5 Å². The highest BCUT2D eigenvalue weighted by atomic mass is 16.5. The van der Waals surface area contributed by atoms with Gasteiger partial charge in [0.1, 0.15) is 5.75 Å². The summed E-state index contributed by atoms with van der Waals surface area (Å²) in [6.45, 7) is 5.30. The summed E-state index contributed by atoms with van der Waals surface area (Å²) in [6.07, 6.45) is 1.42. The lowest BCUT2D eigenvalue weighted by Crippen LogP contribution is -2.33. The Hall–Kier alpha value is -1.10. The molecular formula is C15H24N2O2. The molecule has 1 aromatic rings. The molecule has 19 heavy (non-hydrogen) atoms. The predicted octanol–water partition coefficient (Wildman–Crippen LogP) is 1.81. The first-order valence-corrected chi connectivity index (χ1v) is 6.98. The molecule has 106 valence electrons. The Morgan fingerprint density at radius 2 is 2.32 bits per heavy atom. The highest BCUT2D eigenvalue weighted by Crippen LogP contribution is 2.27. The molecule has 0 aliphatic carbocycles. The second-order valence-corrected chi connectivity index (χ2v) is 4.90. The van der Waals surface area contributed by atoms with Crippen molar-refractivity contribution in [2.75, 3.05) is 33.4 Å². The van der Waals surface area contributed by atoms with E-state index in [-0.39, 0.29) is 6.04 Å². The third-order valence-electron chi connectivity index (χ3n) is 3.73. The van der Waals surface area contributed by atoms with Gasteiger partial charge in [-0.3, -0.25) is 4.90 Å². The summed E-state index contributed by atoms with van der Waals surface area (Å²) in [6, 6.07) is 8.50. The largest absolute Gasteiger partial charge is 0.494 e. The number of hydrogen-bond acceptors (Lipinski definition) is 4. The van der Waals surface area contributed by atoms with Crippen LogP contribution in [0.3, 0.4) is 0 Å². The quantitative estimate of drug-likeness (QED) is 0.851. The van der Waals surface area contributed by atoms with E-state index in [0.717, 1.165) is 25.3 Å². The third kappa shape index (κ3) is 3.47. The molecule has 0 saturated carbocycles. The zero-order valence-corrected chi connectivity index (χ0v) is 11.8. The van der Waals surface area contributed by atoms with Gasteiger partial charge in [0.15, 0.2) is 0 Å². The van der Waals surface area contributed by atoms with Crippen LogP contribution in [0.2, 0.25) is 0 Å². The number of likely N-dealkylation sites (tertiary alicyclic amines) is 1. The molecule has 2 N–H and O–H groups in total. The topological polar surface area (TPSA) is 47.7 Å². The van der Waals surface area contributed by atoms with Crippen LogP contribution in [0.15, 0.2) is 24.3 Å². The number of nitrogens with zero attached hydrogens (tertiary/aromatic N) is 1. The van der Waals surface area contributed by atoms with E-state index in [1.54, 1.807) is 7.11 Å². The molecule has 0 amide bonds. The van der Waals surface area contributed by atoms with Gasteiger partial charge in [-0.2, -0.15) is 0 Å². The molecule has 1 aromatic carbocycles. The van der Waals surface area contributed by atoms with Crippen LogP contribution < -0.4 is 10.5 Å². The number of benzene rings is 1. The van der Waals surface area contributed by atoms with Gasteiger partial charge in [0.25, 0.3) is 0 Å². The summed E-state index contributed by atoms with van der Waals surface area (Å²) in [7, 11) is 1.78. The number of nitrogens with two attached hydrogens (primary N) is 1. The predicted molar refractivity (Wildman–Crippen MR) is 76.4 cm³/mol. The van der Waals surface area contributed by atoms with E-state index in [9.17, 15) is 0 Å². The maximum atomic E-state index is 5.97. The van der Waals surface area contributed by atoms with Gasteiger partial charge in [0.2, 0.25) is 0 Å². The van der Waals surface area contributed by atoms with Crippen molar-refractivity contribution in [2.24, 2.45) is 5.73 Å². The highest BCUT2D eigenvalue weighted by molar-refractivity contribution is 5.31. The fourth-order valence-electron chi connectivity index (χ4n) is 2.70. The smallest absolute Gasteiger partial charge is 0.119 e. The van der Waals surface area contributed by atoms with Gasteiger partial charge in [-0.25, -0.2) is 0 Å². The molecule has 4 heteroatoms. The van der Waals surface area contributed by atoms with Crippen LogP contribution in [-0.4, -0.2) is 44.4 Å². The Bertz CT molecular complexity index is 397. The Kier molecular flexibility index (Phi) is 5.19. The zero-order chi connectivity index (χ0) is 13.7. The van der Waals surface area contributed by atoms with Gasteiger partial charge >= 0.3 is 0 Å². The van der Waals surface area contributed by atoms with Gasteiger partial charge < -0.3 is 15.2 Å². The van der Waals surface area contributed by atoms with Crippen LogP contribution in [-0.2, 0) is 4.74 Å². The molecule has 1 aliphatic heterocycles. The van der Waals surface area contributed by atoms with Crippen molar-refractivity contribution in [3.05, 3.63) is 29.8 Å². The second kappa shape index (κ2) is 6.89. The second-order valence-electron chi connectivity index (χ2n) is 4.90. The molecule has 2 atom stereocenters. The minimum atomic E-state index is 0.251. The first-order valence-electron chi connectivity index (χ1n) is 6.98. The van der Waals surface area contributed by atoms with Crippen LogP contribution in [0.25, 0.3) is 0 Å². The van der Waals surface area contributed by atoms with Crippen LogP contribution >= 0.6 is 0 Å². The lowest BCUT2D eigenvalue weighted by Gasteiger charge is -2.27. The molecule has 1 heterocycles. The minimum absolute atomic E-state index is 0.251. The van der Waals surface area contributed by atoms with Crippen molar-refractivity contribution < 1.29 is 9.47 Å². The van der Waals surface area contributed by atoms with E-state index in [2.05, 4.69) is 17.0 Å². The zero-order valence-electron chi connectivity index (χ0n) is 11.8. The van der Waals surface area contributed by atoms with Crippen molar-refractivity contribution in [1.29, 1.82) is 0 Å². The molecule has 0 aromatic heterocycles. The average molecular weight is 264 g/mol. The summed E-state index contributed by atoms with van der Waals surface area (Å²) in [5.74, 6) is 0.918. The van der Waals surface area contributed by atoms with Gasteiger partial charge in [-0.15, -0.1) is 0 Å². The number of hydrogen-bond donors (Lipinski definition) is 1. The first kappa shape index (κ1) is 14.3. The molecule has 0 bridgehead atoms. The van der Waals surface area contributed by atoms with Crippen LogP contribution in [0.4, 0.5) is 0 Å². The SMILES string of the molecule is CCOc1cccc(C(CN)N2CCC(OC)C2)c1. The molecule has 1 fully saturated rings. The lowest BCUT2D eigenvalue weighted by molar-refractivity contribution is 0.101. The fourth-order valence-corrected chi connectivity index (χ4v) is 2.70. The lowest BCUT2D eigenvalue weighted by atomic mass is 10.1. The molecule has 1 aliphatic rings. The normalized spacial score (nSPS) is 21.5. The summed E-state index contributed by atoms with van der Waals surface area (Å²) in [5.41, 5.74) is 7.20. The summed E-state index contributed by atoms with van der Waals surface area (Å²) < 4.78 is 11.0. The third-order valence-corrected chi connectivity index (χ3v) is 3.73. The van der Waals surface area contributed by atoms with Gasteiger partial charge in [-0.05, 0) is 31.0 Å². The Balaban J connectivity index is 2.10. The monoisotopic (exact) mass is 264 g/mol. The first-order chi connectivity index (χ1) is 9.28. The fraction of sp³-hybridized carbons (Fsp3) is 0.600. The molecule has 1 saturated heterocycles. The Labute approximate surface area is 115 Å². The standard InChI is InChI=1S/C15H24N2O2/c1-3-19-13-6-4-5-12(9-13)15(10-16)17-8-7-14(11-17)18-2/h4-6,9,14-15H,3,7-8,10-11,16H2,1-2H3. The van der Waals surface area contributed by atoms with Crippen molar-refractivity contribution in [3.8, 4) is 5.75 Å². The summed E-state index contributed by atoms with van der Waals surface area (Å²) >= 11 is 0. The molecule has 0 spiro atoms. The van der Waals surface area contributed by atoms with Crippen LogP contribution in [0, 0.1) is 0 Å². The van der Waals surface area contributed by atoms with E-state index in [1.807, 2.05) is 19.1 Å². The average Bonchev–Trinajstić information content (AvgIpc) is 2.89. The van der Waals surface area contributed by atoms with Gasteiger partial charge in [-0.1, -0.05) is 12.1 Å². The van der Waals surface area contributed by atoms with Gasteiger partial charge in [0.05, 0.1) is 12.7 Å². The molecular weight excluding hydrogens is 240 g/mol. The number of methoxy groups -OCH3 is 1. The van der Waals surface area contributed by atoms with Crippen LogP contribution in [0.5, 0.6) is 5.75 Å².